The lowest BCUT2D eigenvalue weighted by molar-refractivity contribution is 0.0781. The number of benzene rings is 1. The Bertz CT molecular complexity index is 668. The molecular weight excluding hydrogens is 337 g/mol. The number of hydrogen-bond acceptors (Lipinski definition) is 2. The highest BCUT2D eigenvalue weighted by atomic mass is 79.9. The standard InChI is InChI=1S/C15H15BrFN3O/c1-10-6-7-19(8-10)15(21)14-13(16)9-20(18-14)12-4-2-11(17)3-5-12/h2-5,9-10H,6-8H2,1H3. The average molecular weight is 352 g/mol. The van der Waals surface area contributed by atoms with Gasteiger partial charge in [0.05, 0.1) is 10.2 Å². The van der Waals surface area contributed by atoms with Gasteiger partial charge in [0.1, 0.15) is 5.82 Å². The molecule has 2 aromatic rings. The third kappa shape index (κ3) is 2.85. The van der Waals surface area contributed by atoms with Crippen LogP contribution in [-0.4, -0.2) is 33.7 Å². The Hall–Kier alpha value is -1.69. The highest BCUT2D eigenvalue weighted by molar-refractivity contribution is 9.10. The van der Waals surface area contributed by atoms with Crippen LogP contribution in [0.5, 0.6) is 0 Å². The Kier molecular flexibility index (Phi) is 3.80. The quantitative estimate of drug-likeness (QED) is 0.832. The van der Waals surface area contributed by atoms with Crippen molar-refractivity contribution < 1.29 is 9.18 Å². The van der Waals surface area contributed by atoms with E-state index in [1.165, 1.54) is 12.1 Å². The second-order valence-electron chi connectivity index (χ2n) is 5.39. The summed E-state index contributed by atoms with van der Waals surface area (Å²) in [5.41, 5.74) is 1.11. The van der Waals surface area contributed by atoms with Crippen LogP contribution >= 0.6 is 15.9 Å². The van der Waals surface area contributed by atoms with Gasteiger partial charge in [-0.25, -0.2) is 9.07 Å². The predicted octanol–water partition coefficient (Wildman–Crippen LogP) is 3.26. The van der Waals surface area contributed by atoms with E-state index in [0.29, 0.717) is 21.8 Å². The molecule has 21 heavy (non-hydrogen) atoms. The molecule has 1 aromatic heterocycles. The molecule has 6 heteroatoms. The second kappa shape index (κ2) is 5.60. The van der Waals surface area contributed by atoms with Gasteiger partial charge < -0.3 is 4.90 Å². The molecule has 0 N–H and O–H groups in total. The van der Waals surface area contributed by atoms with Crippen LogP contribution in [0, 0.1) is 11.7 Å². The van der Waals surface area contributed by atoms with Crippen molar-refractivity contribution in [3.63, 3.8) is 0 Å². The zero-order valence-electron chi connectivity index (χ0n) is 11.6. The van der Waals surface area contributed by atoms with Gasteiger partial charge in [0, 0.05) is 19.3 Å². The van der Waals surface area contributed by atoms with Crippen molar-refractivity contribution in [2.75, 3.05) is 13.1 Å². The van der Waals surface area contributed by atoms with Crippen molar-refractivity contribution in [3.05, 3.63) is 46.4 Å². The van der Waals surface area contributed by atoms with Crippen molar-refractivity contribution in [2.24, 2.45) is 5.92 Å². The molecule has 1 saturated heterocycles. The molecule has 1 atom stereocenters. The molecule has 4 nitrogen and oxygen atoms in total. The van der Waals surface area contributed by atoms with Gasteiger partial charge in [0.15, 0.2) is 5.69 Å². The Labute approximate surface area is 130 Å². The molecule has 0 saturated carbocycles. The fourth-order valence-electron chi connectivity index (χ4n) is 2.49. The number of carbonyl (C=O) groups is 1. The molecule has 1 aliphatic heterocycles. The van der Waals surface area contributed by atoms with Crippen LogP contribution in [0.25, 0.3) is 5.69 Å². The van der Waals surface area contributed by atoms with Crippen molar-refractivity contribution in [2.45, 2.75) is 13.3 Å². The van der Waals surface area contributed by atoms with E-state index in [9.17, 15) is 9.18 Å². The maximum absolute atomic E-state index is 13.0. The highest BCUT2D eigenvalue weighted by Crippen LogP contribution is 2.23. The van der Waals surface area contributed by atoms with Crippen LogP contribution in [0.15, 0.2) is 34.9 Å². The number of hydrogen-bond donors (Lipinski definition) is 0. The summed E-state index contributed by atoms with van der Waals surface area (Å²) >= 11 is 3.39. The van der Waals surface area contributed by atoms with E-state index in [-0.39, 0.29) is 11.7 Å². The summed E-state index contributed by atoms with van der Waals surface area (Å²) in [7, 11) is 0. The zero-order valence-corrected chi connectivity index (χ0v) is 13.2. The fraction of sp³-hybridized carbons (Fsp3) is 0.333. The zero-order chi connectivity index (χ0) is 15.0. The van der Waals surface area contributed by atoms with E-state index in [0.717, 1.165) is 19.5 Å². The monoisotopic (exact) mass is 351 g/mol. The summed E-state index contributed by atoms with van der Waals surface area (Å²) in [5.74, 6) is 0.173. The Morgan fingerprint density at radius 3 is 2.71 bits per heavy atom. The molecule has 0 spiro atoms. The van der Waals surface area contributed by atoms with Gasteiger partial charge >= 0.3 is 0 Å². The van der Waals surface area contributed by atoms with E-state index < -0.39 is 0 Å². The van der Waals surface area contributed by atoms with Gasteiger partial charge in [0.2, 0.25) is 0 Å². The van der Waals surface area contributed by atoms with Gasteiger partial charge in [-0.3, -0.25) is 4.79 Å². The minimum Gasteiger partial charge on any atom is -0.337 e. The van der Waals surface area contributed by atoms with Crippen molar-refractivity contribution in [3.8, 4) is 5.69 Å². The minimum atomic E-state index is -0.299. The smallest absolute Gasteiger partial charge is 0.275 e. The summed E-state index contributed by atoms with van der Waals surface area (Å²) in [5, 5.41) is 4.34. The number of nitrogens with zero attached hydrogens (tertiary/aromatic N) is 3. The van der Waals surface area contributed by atoms with Gasteiger partial charge in [0.25, 0.3) is 5.91 Å². The fourth-order valence-corrected chi connectivity index (χ4v) is 2.94. The lowest BCUT2D eigenvalue weighted by atomic mass is 10.2. The first-order valence-electron chi connectivity index (χ1n) is 6.85. The minimum absolute atomic E-state index is 0.0629. The number of amides is 1. The van der Waals surface area contributed by atoms with Crippen molar-refractivity contribution >= 4 is 21.8 Å². The first kappa shape index (κ1) is 14.3. The SMILES string of the molecule is CC1CCN(C(=O)c2nn(-c3ccc(F)cc3)cc2Br)C1. The summed E-state index contributed by atoms with van der Waals surface area (Å²) in [6, 6.07) is 5.99. The van der Waals surface area contributed by atoms with Crippen LogP contribution < -0.4 is 0 Å². The van der Waals surface area contributed by atoms with Gasteiger partial charge in [-0.15, -0.1) is 0 Å². The van der Waals surface area contributed by atoms with Crippen molar-refractivity contribution in [1.29, 1.82) is 0 Å². The number of rotatable bonds is 2. The van der Waals surface area contributed by atoms with E-state index in [4.69, 9.17) is 0 Å². The third-order valence-corrected chi connectivity index (χ3v) is 4.25. The van der Waals surface area contributed by atoms with E-state index in [2.05, 4.69) is 28.0 Å². The largest absolute Gasteiger partial charge is 0.337 e. The second-order valence-corrected chi connectivity index (χ2v) is 6.25. The van der Waals surface area contributed by atoms with Crippen LogP contribution in [0.1, 0.15) is 23.8 Å². The lowest BCUT2D eigenvalue weighted by Crippen LogP contribution is -2.29. The van der Waals surface area contributed by atoms with Crippen LogP contribution in [0.3, 0.4) is 0 Å². The summed E-state index contributed by atoms with van der Waals surface area (Å²) < 4.78 is 15.2. The molecule has 110 valence electrons. The average Bonchev–Trinajstić information content (AvgIpc) is 3.05. The molecule has 0 radical (unpaired) electrons. The molecule has 1 amide bonds. The highest BCUT2D eigenvalue weighted by Gasteiger charge is 2.27. The topological polar surface area (TPSA) is 38.1 Å². The molecule has 1 unspecified atom stereocenters. The first-order chi connectivity index (χ1) is 10.0. The summed E-state index contributed by atoms with van der Waals surface area (Å²) in [6.07, 6.45) is 2.75. The van der Waals surface area contributed by atoms with Crippen molar-refractivity contribution in [1.82, 2.24) is 14.7 Å². The lowest BCUT2D eigenvalue weighted by Gasteiger charge is -2.14. The maximum Gasteiger partial charge on any atom is 0.275 e. The molecule has 0 bridgehead atoms. The van der Waals surface area contributed by atoms with E-state index in [1.54, 1.807) is 23.0 Å². The molecule has 2 heterocycles. The molecule has 0 aliphatic carbocycles. The predicted molar refractivity (Wildman–Crippen MR) is 80.9 cm³/mol. The third-order valence-electron chi connectivity index (χ3n) is 3.67. The van der Waals surface area contributed by atoms with Crippen LogP contribution in [-0.2, 0) is 0 Å². The molecule has 1 aromatic carbocycles. The molecular formula is C15H15BrFN3O. The normalized spacial score (nSPS) is 18.2. The van der Waals surface area contributed by atoms with Gasteiger partial charge in [-0.2, -0.15) is 5.10 Å². The maximum atomic E-state index is 13.0. The van der Waals surface area contributed by atoms with Gasteiger partial charge in [-0.05, 0) is 52.5 Å². The number of likely N-dealkylation sites (tertiary alicyclic amines) is 1. The van der Waals surface area contributed by atoms with E-state index >= 15 is 0 Å². The molecule has 1 aliphatic rings. The van der Waals surface area contributed by atoms with Crippen LogP contribution in [0.2, 0.25) is 0 Å². The Morgan fingerprint density at radius 1 is 1.38 bits per heavy atom. The number of halogens is 2. The van der Waals surface area contributed by atoms with Crippen LogP contribution in [0.4, 0.5) is 4.39 Å². The number of carbonyl (C=O) groups excluding carboxylic acids is 1. The Morgan fingerprint density at radius 2 is 2.10 bits per heavy atom. The first-order valence-corrected chi connectivity index (χ1v) is 7.64. The summed E-state index contributed by atoms with van der Waals surface area (Å²) in [4.78, 5) is 14.3. The summed E-state index contributed by atoms with van der Waals surface area (Å²) in [6.45, 7) is 3.68. The van der Waals surface area contributed by atoms with E-state index in [1.807, 2.05) is 4.90 Å². The Balaban J connectivity index is 1.87. The molecule has 3 rings (SSSR count). The number of aromatic nitrogens is 2. The van der Waals surface area contributed by atoms with Gasteiger partial charge in [-0.1, -0.05) is 6.92 Å². The molecule has 1 fully saturated rings.